The molecule has 0 fully saturated rings. The molecule has 2 aliphatic rings. The maximum absolute atomic E-state index is 5.87. The standard InChI is InChI=1S/C24H21N5O4/c1-2-18(22(25-8-1)26-14-15-3-5-19-16(12-15)7-9-30-19)23-28-29-24(33-23)27-17-4-6-20-21(13-17)32-11-10-31-20/h1-6,8,12-13H,7,9-11,14H2,(H,25,26)(H,27,29). The molecular formula is C24H21N5O4. The Bertz CT molecular complexity index is 1310. The lowest BCUT2D eigenvalue weighted by molar-refractivity contribution is 0.171. The average Bonchev–Trinajstić information content (AvgIpc) is 3.52. The number of hydrogen-bond acceptors (Lipinski definition) is 9. The molecule has 166 valence electrons. The van der Waals surface area contributed by atoms with Gasteiger partial charge in [0.25, 0.3) is 5.89 Å². The molecule has 0 atom stereocenters. The van der Waals surface area contributed by atoms with Crippen LogP contribution in [0.1, 0.15) is 11.1 Å². The number of anilines is 3. The summed E-state index contributed by atoms with van der Waals surface area (Å²) in [7, 11) is 0. The zero-order chi connectivity index (χ0) is 22.0. The van der Waals surface area contributed by atoms with E-state index in [-0.39, 0.29) is 6.01 Å². The van der Waals surface area contributed by atoms with E-state index in [1.54, 1.807) is 6.20 Å². The van der Waals surface area contributed by atoms with Crippen LogP contribution in [0.2, 0.25) is 0 Å². The van der Waals surface area contributed by atoms with E-state index in [1.807, 2.05) is 36.4 Å². The van der Waals surface area contributed by atoms with Crippen molar-refractivity contribution < 1.29 is 18.6 Å². The van der Waals surface area contributed by atoms with Gasteiger partial charge in [0.15, 0.2) is 11.5 Å². The first-order valence-electron chi connectivity index (χ1n) is 10.8. The molecule has 0 saturated heterocycles. The fourth-order valence-corrected chi connectivity index (χ4v) is 3.88. The normalized spacial score (nSPS) is 13.8. The van der Waals surface area contributed by atoms with Crippen molar-refractivity contribution in [2.24, 2.45) is 0 Å². The van der Waals surface area contributed by atoms with Crippen molar-refractivity contribution in [2.75, 3.05) is 30.5 Å². The van der Waals surface area contributed by atoms with Crippen molar-refractivity contribution in [2.45, 2.75) is 13.0 Å². The van der Waals surface area contributed by atoms with Crippen LogP contribution >= 0.6 is 0 Å². The van der Waals surface area contributed by atoms with E-state index in [4.69, 9.17) is 18.6 Å². The topological polar surface area (TPSA) is 104 Å². The van der Waals surface area contributed by atoms with Crippen LogP contribution in [0.5, 0.6) is 17.2 Å². The molecule has 0 unspecified atom stereocenters. The molecular weight excluding hydrogens is 422 g/mol. The number of rotatable bonds is 6. The van der Waals surface area contributed by atoms with Crippen LogP contribution in [-0.4, -0.2) is 35.0 Å². The van der Waals surface area contributed by atoms with Crippen LogP contribution in [0.25, 0.3) is 11.5 Å². The van der Waals surface area contributed by atoms with E-state index in [2.05, 4.69) is 37.9 Å². The van der Waals surface area contributed by atoms with E-state index in [9.17, 15) is 0 Å². The molecule has 2 aliphatic heterocycles. The summed E-state index contributed by atoms with van der Waals surface area (Å²) < 4.78 is 22.6. The van der Waals surface area contributed by atoms with Crippen LogP contribution < -0.4 is 24.8 Å². The Kier molecular flexibility index (Phi) is 4.91. The fraction of sp³-hybridized carbons (Fsp3) is 0.208. The lowest BCUT2D eigenvalue weighted by Crippen LogP contribution is -2.15. The van der Waals surface area contributed by atoms with Crippen molar-refractivity contribution in [3.8, 4) is 28.7 Å². The van der Waals surface area contributed by atoms with Gasteiger partial charge in [-0.25, -0.2) is 4.98 Å². The third-order valence-corrected chi connectivity index (χ3v) is 5.47. The minimum Gasteiger partial charge on any atom is -0.493 e. The minimum absolute atomic E-state index is 0.273. The van der Waals surface area contributed by atoms with Crippen LogP contribution in [0.3, 0.4) is 0 Å². The Hall–Kier alpha value is -4.27. The van der Waals surface area contributed by atoms with Gasteiger partial charge in [-0.3, -0.25) is 0 Å². The molecule has 0 aliphatic carbocycles. The summed E-state index contributed by atoms with van der Waals surface area (Å²) in [6.45, 7) is 2.44. The molecule has 9 heteroatoms. The van der Waals surface area contributed by atoms with Gasteiger partial charge in [0.2, 0.25) is 0 Å². The highest BCUT2D eigenvalue weighted by Gasteiger charge is 2.17. The Labute approximate surface area is 189 Å². The summed E-state index contributed by atoms with van der Waals surface area (Å²) in [5.74, 6) is 3.42. The van der Waals surface area contributed by atoms with Crippen molar-refractivity contribution in [1.29, 1.82) is 0 Å². The first kappa shape index (κ1) is 19.4. The quantitative estimate of drug-likeness (QED) is 0.454. The molecule has 6 rings (SSSR count). The number of pyridine rings is 1. The van der Waals surface area contributed by atoms with Gasteiger partial charge in [-0.2, -0.15) is 0 Å². The Morgan fingerprint density at radius 1 is 0.848 bits per heavy atom. The zero-order valence-electron chi connectivity index (χ0n) is 17.7. The third kappa shape index (κ3) is 4.00. The van der Waals surface area contributed by atoms with E-state index in [1.165, 1.54) is 5.56 Å². The van der Waals surface area contributed by atoms with Gasteiger partial charge < -0.3 is 29.3 Å². The number of nitrogens with zero attached hydrogens (tertiary/aromatic N) is 3. The number of ether oxygens (including phenoxy) is 3. The third-order valence-electron chi connectivity index (χ3n) is 5.47. The van der Waals surface area contributed by atoms with E-state index >= 15 is 0 Å². The van der Waals surface area contributed by atoms with Crippen molar-refractivity contribution in [3.63, 3.8) is 0 Å². The molecule has 33 heavy (non-hydrogen) atoms. The number of nitrogens with one attached hydrogen (secondary N) is 2. The molecule has 2 aromatic carbocycles. The molecule has 0 spiro atoms. The van der Waals surface area contributed by atoms with Crippen molar-refractivity contribution in [3.05, 3.63) is 65.9 Å². The fourth-order valence-electron chi connectivity index (χ4n) is 3.88. The average molecular weight is 443 g/mol. The molecule has 0 amide bonds. The van der Waals surface area contributed by atoms with Crippen LogP contribution in [-0.2, 0) is 13.0 Å². The number of benzene rings is 2. The van der Waals surface area contributed by atoms with Crippen molar-refractivity contribution >= 4 is 17.5 Å². The lowest BCUT2D eigenvalue weighted by atomic mass is 10.1. The Morgan fingerprint density at radius 3 is 2.70 bits per heavy atom. The maximum atomic E-state index is 5.87. The number of aromatic nitrogens is 3. The second-order valence-corrected chi connectivity index (χ2v) is 7.69. The van der Waals surface area contributed by atoms with Gasteiger partial charge in [-0.15, -0.1) is 5.10 Å². The first-order chi connectivity index (χ1) is 16.3. The minimum atomic E-state index is 0.273. The molecule has 9 nitrogen and oxygen atoms in total. The SMILES string of the molecule is c1cnc(NCc2ccc3c(c2)CCO3)c(-c2nnc(Nc3ccc4c(c3)OCCO4)o2)c1. The number of hydrogen-bond donors (Lipinski definition) is 2. The molecule has 2 N–H and O–H groups in total. The monoisotopic (exact) mass is 443 g/mol. The lowest BCUT2D eigenvalue weighted by Gasteiger charge is -2.18. The highest BCUT2D eigenvalue weighted by atomic mass is 16.6. The molecule has 0 bridgehead atoms. The van der Waals surface area contributed by atoms with Gasteiger partial charge in [-0.05, 0) is 41.5 Å². The van der Waals surface area contributed by atoms with Gasteiger partial charge >= 0.3 is 6.01 Å². The van der Waals surface area contributed by atoms with Gasteiger partial charge in [0.05, 0.1) is 12.2 Å². The highest BCUT2D eigenvalue weighted by Crippen LogP contribution is 2.34. The zero-order valence-corrected chi connectivity index (χ0v) is 17.7. The van der Waals surface area contributed by atoms with E-state index in [0.717, 1.165) is 41.3 Å². The van der Waals surface area contributed by atoms with E-state index in [0.29, 0.717) is 37.2 Å². The highest BCUT2D eigenvalue weighted by molar-refractivity contribution is 5.69. The van der Waals surface area contributed by atoms with Crippen LogP contribution in [0, 0.1) is 0 Å². The molecule has 0 saturated carbocycles. The molecule has 2 aromatic heterocycles. The van der Waals surface area contributed by atoms with Gasteiger partial charge in [-0.1, -0.05) is 17.2 Å². The molecule has 0 radical (unpaired) electrons. The van der Waals surface area contributed by atoms with Crippen molar-refractivity contribution in [1.82, 2.24) is 15.2 Å². The molecule has 4 heterocycles. The summed E-state index contributed by atoms with van der Waals surface area (Å²) in [6.07, 6.45) is 2.67. The smallest absolute Gasteiger partial charge is 0.320 e. The number of fused-ring (bicyclic) bond motifs is 2. The predicted molar refractivity (Wildman–Crippen MR) is 121 cm³/mol. The van der Waals surface area contributed by atoms with Gasteiger partial charge in [0.1, 0.15) is 24.8 Å². The maximum Gasteiger partial charge on any atom is 0.320 e. The van der Waals surface area contributed by atoms with Crippen LogP contribution in [0.15, 0.2) is 59.1 Å². The summed E-state index contributed by atoms with van der Waals surface area (Å²) in [4.78, 5) is 4.47. The largest absolute Gasteiger partial charge is 0.493 e. The summed E-state index contributed by atoms with van der Waals surface area (Å²) in [6, 6.07) is 15.8. The van der Waals surface area contributed by atoms with E-state index < -0.39 is 0 Å². The summed E-state index contributed by atoms with van der Waals surface area (Å²) in [5, 5.41) is 14.8. The van der Waals surface area contributed by atoms with Crippen LogP contribution in [0.4, 0.5) is 17.5 Å². The second kappa shape index (κ2) is 8.34. The Balaban J connectivity index is 1.18. The Morgan fingerprint density at radius 2 is 1.73 bits per heavy atom. The predicted octanol–water partition coefficient (Wildman–Crippen LogP) is 4.19. The first-order valence-corrected chi connectivity index (χ1v) is 10.8. The van der Waals surface area contributed by atoms with Gasteiger partial charge in [0, 0.05) is 30.9 Å². The molecule has 4 aromatic rings. The summed E-state index contributed by atoms with van der Waals surface area (Å²) in [5.41, 5.74) is 3.88. The second-order valence-electron chi connectivity index (χ2n) is 7.69. The summed E-state index contributed by atoms with van der Waals surface area (Å²) >= 11 is 0.